The topological polar surface area (TPSA) is 44.2 Å². The zero-order valence-corrected chi connectivity index (χ0v) is 24.6. The molecule has 0 radical (unpaired) electrons. The van der Waals surface area contributed by atoms with Gasteiger partial charge in [-0.05, 0) is 26.0 Å². The largest absolute Gasteiger partial charge is 2.00 e. The van der Waals surface area contributed by atoms with Gasteiger partial charge in [0.15, 0.2) is 0 Å². The Morgan fingerprint density at radius 2 is 0.950 bits per heavy atom. The molecule has 0 N–H and O–H groups in total. The molecule has 0 bridgehead atoms. The second-order valence-corrected chi connectivity index (χ2v) is 8.63. The Bertz CT molecular complexity index is 1250. The van der Waals surface area contributed by atoms with Crippen LogP contribution in [-0.2, 0) is 34.1 Å². The predicted molar refractivity (Wildman–Crippen MR) is 154 cm³/mol. The van der Waals surface area contributed by atoms with E-state index in [9.17, 15) is 0 Å². The van der Waals surface area contributed by atoms with Gasteiger partial charge in [0.2, 0.25) is 0 Å². The average molecular weight is 612 g/mol. The summed E-state index contributed by atoms with van der Waals surface area (Å²) in [7, 11) is 0. The molecular weight excluding hydrogens is 580 g/mol. The molecule has 6 aromatic rings. The van der Waals surface area contributed by atoms with Gasteiger partial charge in [-0.15, -0.1) is 11.1 Å². The summed E-state index contributed by atoms with van der Waals surface area (Å²) in [5, 5.41) is 0. The molecule has 0 aliphatic heterocycles. The Balaban J connectivity index is 0.000000392. The number of hydrogen-bond acceptors (Lipinski definition) is 4. The predicted octanol–water partition coefficient (Wildman–Crippen LogP) is 8.67. The number of pyridine rings is 2. The molecule has 0 saturated carbocycles. The smallest absolute Gasteiger partial charge is 0.488 e. The van der Waals surface area contributed by atoms with Crippen LogP contribution in [0.2, 0.25) is 0 Å². The van der Waals surface area contributed by atoms with Crippen LogP contribution < -0.4 is 9.47 Å². The molecule has 2 unspecified atom stereocenters. The van der Waals surface area contributed by atoms with Gasteiger partial charge < -0.3 is 9.47 Å². The van der Waals surface area contributed by atoms with Crippen LogP contribution in [0, 0.1) is 0 Å². The van der Waals surface area contributed by atoms with Crippen molar-refractivity contribution in [1.29, 1.82) is 0 Å². The molecule has 6 rings (SSSR count). The molecule has 6 heteroatoms. The molecule has 2 heterocycles. The Kier molecular flexibility index (Phi) is 14.5. The summed E-state index contributed by atoms with van der Waals surface area (Å²) in [6.45, 7) is 4.07. The Hall–Kier alpha value is -3.66. The summed E-state index contributed by atoms with van der Waals surface area (Å²) in [4.78, 5) is 8.90. The van der Waals surface area contributed by atoms with Crippen molar-refractivity contribution in [3.05, 3.63) is 157 Å². The maximum Gasteiger partial charge on any atom is 2.00 e. The van der Waals surface area contributed by atoms with E-state index in [1.807, 2.05) is 123 Å². The van der Waals surface area contributed by atoms with E-state index in [1.165, 1.54) is 0 Å². The molecule has 0 fully saturated rings. The molecule has 0 aliphatic rings. The van der Waals surface area contributed by atoms with Crippen LogP contribution in [0.3, 0.4) is 0 Å². The fourth-order valence-corrected chi connectivity index (χ4v) is 3.75. The van der Waals surface area contributed by atoms with Crippen LogP contribution in [0.5, 0.6) is 11.5 Å². The Morgan fingerprint density at radius 3 is 1.25 bits per heavy atom. The van der Waals surface area contributed by atoms with Gasteiger partial charge in [-0.1, -0.05) is 0 Å². The first-order valence-electron chi connectivity index (χ1n) is 12.7. The van der Waals surface area contributed by atoms with Gasteiger partial charge in [-0.2, -0.15) is 60.7 Å². The van der Waals surface area contributed by atoms with Crippen molar-refractivity contribution in [2.75, 3.05) is 0 Å². The van der Waals surface area contributed by atoms with E-state index < -0.39 is 0 Å². The van der Waals surface area contributed by atoms with Gasteiger partial charge in [-0.3, -0.25) is 9.97 Å². The van der Waals surface area contributed by atoms with Gasteiger partial charge in [0, 0.05) is 24.5 Å². The van der Waals surface area contributed by atoms with Gasteiger partial charge in [0.05, 0.1) is 23.6 Å². The molecule has 0 saturated heterocycles. The summed E-state index contributed by atoms with van der Waals surface area (Å²) in [5.41, 5.74) is 3.79. The van der Waals surface area contributed by atoms with Crippen LogP contribution in [0.15, 0.2) is 146 Å². The minimum atomic E-state index is -0.0294. The van der Waals surface area contributed by atoms with Crippen LogP contribution in [0.1, 0.15) is 37.2 Å². The summed E-state index contributed by atoms with van der Waals surface area (Å²) < 4.78 is 12.1. The normalized spacial score (nSPS) is 11.2. The van der Waals surface area contributed by atoms with Gasteiger partial charge >= 0.3 is 34.1 Å². The van der Waals surface area contributed by atoms with E-state index in [4.69, 9.17) is 9.47 Å². The zero-order chi connectivity index (χ0) is 26.4. The van der Waals surface area contributed by atoms with Crippen molar-refractivity contribution in [3.63, 3.8) is 0 Å². The third-order valence-electron chi connectivity index (χ3n) is 5.78. The zero-order valence-electron chi connectivity index (χ0n) is 22.4. The van der Waals surface area contributed by atoms with E-state index in [2.05, 4.69) is 34.2 Å². The third kappa shape index (κ3) is 10.5. The third-order valence-corrected chi connectivity index (χ3v) is 5.78. The first-order chi connectivity index (χ1) is 18.7. The van der Waals surface area contributed by atoms with Crippen LogP contribution in [-0.4, -0.2) is 9.97 Å². The molecule has 0 aliphatic carbocycles. The van der Waals surface area contributed by atoms with Crippen molar-refractivity contribution in [2.45, 2.75) is 26.1 Å². The quantitative estimate of drug-likeness (QED) is 0.134. The molecule has 4 aromatic carbocycles. The van der Waals surface area contributed by atoms with Crippen LogP contribution in [0.25, 0.3) is 11.4 Å². The summed E-state index contributed by atoms with van der Waals surface area (Å²) >= 11 is 0. The van der Waals surface area contributed by atoms with Crippen molar-refractivity contribution in [2.24, 2.45) is 0 Å². The maximum atomic E-state index is 6.07. The van der Waals surface area contributed by atoms with E-state index in [0.29, 0.717) is 0 Å². The second kappa shape index (κ2) is 17.8. The van der Waals surface area contributed by atoms with Crippen LogP contribution >= 0.6 is 0 Å². The number of nitrogens with zero attached hydrogens (tertiary/aromatic N) is 2. The standard InChI is InChI=1S/C24H22N2O2.2C5H5.2Fe/c1-17(19-7-3-4-8-19)27-21-11-13-25-23(15-21)24-16-22(12-14-26-24)28-18(2)20-9-5-6-10-20;2*1-2-4-5-3-1;;/h3-18H,1-2H3;2*1-5H;;/q-2;2*-1;2*+2. The molecule has 40 heavy (non-hydrogen) atoms. The van der Waals surface area contributed by atoms with E-state index in [1.54, 1.807) is 12.4 Å². The Labute approximate surface area is 258 Å². The first-order valence-corrected chi connectivity index (χ1v) is 12.7. The molecule has 4 nitrogen and oxygen atoms in total. The van der Waals surface area contributed by atoms with Gasteiger partial charge in [-0.25, -0.2) is 48.5 Å². The summed E-state index contributed by atoms with van der Waals surface area (Å²) in [6, 6.07) is 43.8. The summed E-state index contributed by atoms with van der Waals surface area (Å²) in [6.07, 6.45) is 3.42. The first kappa shape index (κ1) is 32.6. The monoisotopic (exact) mass is 612 g/mol. The fourth-order valence-electron chi connectivity index (χ4n) is 3.75. The molecule has 2 aromatic heterocycles. The van der Waals surface area contributed by atoms with Gasteiger partial charge in [0.25, 0.3) is 0 Å². The molecule has 206 valence electrons. The van der Waals surface area contributed by atoms with Crippen LogP contribution in [0.4, 0.5) is 0 Å². The molecular formula is C34H32Fe2N2O2. The number of ether oxygens (including phenoxy) is 2. The number of hydrogen-bond donors (Lipinski definition) is 0. The van der Waals surface area contributed by atoms with Crippen molar-refractivity contribution in [1.82, 2.24) is 9.97 Å². The number of aromatic nitrogens is 2. The maximum absolute atomic E-state index is 6.07. The number of rotatable bonds is 7. The fraction of sp³-hybridized carbons (Fsp3) is 0.118. The SMILES string of the molecule is CC(Oc1ccnc(-c2cc(OC(C)c3ccc[cH-]3)ccn2)c1)c1ccc[cH-]1.[Fe+2].[Fe+2].c1cc[cH-]c1.c1cc[cH-]c1. The molecule has 2 atom stereocenters. The van der Waals surface area contributed by atoms with Gasteiger partial charge in [0.1, 0.15) is 11.5 Å². The second-order valence-electron chi connectivity index (χ2n) is 8.63. The average Bonchev–Trinajstić information content (AvgIpc) is 3.77. The minimum Gasteiger partial charge on any atom is -0.488 e. The molecule has 0 amide bonds. The summed E-state index contributed by atoms with van der Waals surface area (Å²) in [5.74, 6) is 1.52. The minimum absolute atomic E-state index is 0. The van der Waals surface area contributed by atoms with Crippen molar-refractivity contribution in [3.8, 4) is 22.9 Å². The van der Waals surface area contributed by atoms with E-state index in [0.717, 1.165) is 34.0 Å². The van der Waals surface area contributed by atoms with Crippen molar-refractivity contribution >= 4 is 0 Å². The Morgan fingerprint density at radius 1 is 0.550 bits per heavy atom. The van der Waals surface area contributed by atoms with E-state index >= 15 is 0 Å². The van der Waals surface area contributed by atoms with E-state index in [-0.39, 0.29) is 46.3 Å². The van der Waals surface area contributed by atoms with Crippen molar-refractivity contribution < 1.29 is 43.6 Å². The molecule has 0 spiro atoms.